The summed E-state index contributed by atoms with van der Waals surface area (Å²) in [6, 6.07) is 11.9. The van der Waals surface area contributed by atoms with E-state index in [-0.39, 0.29) is 16.6 Å². The van der Waals surface area contributed by atoms with Crippen LogP contribution in [0.25, 0.3) is 0 Å². The standard InChI is InChI=1S/C27H27N4O9PS/c1-15(16-8-6-5-7-9-16)21(22(32)30-25-28-19(14-42-25)24(34)37-2)31-23(33)20(29-26(31)35)17-10-12-18(13-11-17)40-27(38-3,39-4)41-36/h5-15,20-21H,1-4H3,(H,29,35)(H,28,30,32)/t15-,20+,21-/m0/s1. The van der Waals surface area contributed by atoms with Crippen molar-refractivity contribution in [3.05, 3.63) is 76.8 Å². The molecule has 1 aromatic heterocycles. The molecule has 1 fully saturated rings. The van der Waals surface area contributed by atoms with Crippen molar-refractivity contribution in [1.29, 1.82) is 0 Å². The van der Waals surface area contributed by atoms with E-state index in [9.17, 15) is 23.7 Å². The minimum absolute atomic E-state index is 0.0102. The van der Waals surface area contributed by atoms with Crippen molar-refractivity contribution in [2.45, 2.75) is 30.6 Å². The van der Waals surface area contributed by atoms with Crippen LogP contribution >= 0.6 is 19.8 Å². The first-order valence-electron chi connectivity index (χ1n) is 12.4. The highest BCUT2D eigenvalue weighted by Gasteiger charge is 2.47. The second-order valence-electron chi connectivity index (χ2n) is 8.95. The first kappa shape index (κ1) is 30.7. The molecule has 3 aromatic rings. The molecule has 2 N–H and O–H groups in total. The van der Waals surface area contributed by atoms with Gasteiger partial charge in [-0.15, -0.1) is 11.3 Å². The summed E-state index contributed by atoms with van der Waals surface area (Å²) in [5.74, 6) is -2.37. The van der Waals surface area contributed by atoms with E-state index >= 15 is 0 Å². The van der Waals surface area contributed by atoms with Gasteiger partial charge in [0.15, 0.2) is 10.8 Å². The number of carbonyl (C=O) groups excluding carboxylic acids is 4. The van der Waals surface area contributed by atoms with Crippen LogP contribution in [0.1, 0.15) is 40.5 Å². The summed E-state index contributed by atoms with van der Waals surface area (Å²) < 4.78 is 31.7. The first-order chi connectivity index (χ1) is 20.2. The van der Waals surface area contributed by atoms with Crippen LogP contribution in [0.2, 0.25) is 0 Å². The number of aromatic nitrogens is 1. The molecule has 2 aromatic carbocycles. The van der Waals surface area contributed by atoms with E-state index in [1.165, 1.54) is 38.8 Å². The minimum Gasteiger partial charge on any atom is -0.464 e. The van der Waals surface area contributed by atoms with Crippen molar-refractivity contribution in [3.63, 3.8) is 0 Å². The number of rotatable bonds is 12. The van der Waals surface area contributed by atoms with Gasteiger partial charge in [-0.1, -0.05) is 49.4 Å². The number of hydrogen-bond acceptors (Lipinski definition) is 11. The predicted molar refractivity (Wildman–Crippen MR) is 150 cm³/mol. The van der Waals surface area contributed by atoms with Gasteiger partial charge in [-0.2, -0.15) is 0 Å². The molecular formula is C27H27N4O9PS. The molecule has 1 aliphatic heterocycles. The van der Waals surface area contributed by atoms with E-state index in [1.54, 1.807) is 43.3 Å². The fourth-order valence-corrected chi connectivity index (χ4v) is 5.31. The molecule has 0 radical (unpaired) electrons. The lowest BCUT2D eigenvalue weighted by Gasteiger charge is -2.29. The number of ether oxygens (including phenoxy) is 4. The topological polar surface area (TPSA) is 162 Å². The molecule has 42 heavy (non-hydrogen) atoms. The number of methoxy groups -OCH3 is 3. The zero-order valence-corrected chi connectivity index (χ0v) is 24.6. The Bertz CT molecular complexity index is 1460. The van der Waals surface area contributed by atoms with Gasteiger partial charge in [0.25, 0.3) is 14.4 Å². The molecule has 220 valence electrons. The van der Waals surface area contributed by atoms with E-state index < -0.39 is 56.0 Å². The molecular weight excluding hydrogens is 587 g/mol. The Hall–Kier alpha value is -4.23. The Morgan fingerprint density at radius 1 is 1.07 bits per heavy atom. The smallest absolute Gasteiger partial charge is 0.412 e. The fraction of sp³-hybridized carbons (Fsp3) is 0.296. The number of thiazole rings is 1. The van der Waals surface area contributed by atoms with Gasteiger partial charge in [-0.05, 0) is 23.3 Å². The summed E-state index contributed by atoms with van der Waals surface area (Å²) in [6.45, 7) is 1.73. The highest BCUT2D eigenvalue weighted by Crippen LogP contribution is 2.33. The zero-order chi connectivity index (χ0) is 30.4. The molecule has 0 spiro atoms. The van der Waals surface area contributed by atoms with Crippen LogP contribution in [0.15, 0.2) is 60.0 Å². The number of imide groups is 1. The average molecular weight is 615 g/mol. The van der Waals surface area contributed by atoms with Crippen molar-refractivity contribution < 1.29 is 42.7 Å². The van der Waals surface area contributed by atoms with E-state index in [0.717, 1.165) is 21.8 Å². The van der Waals surface area contributed by atoms with Crippen molar-refractivity contribution in [2.24, 2.45) is 0 Å². The van der Waals surface area contributed by atoms with E-state index in [2.05, 4.69) is 20.4 Å². The lowest BCUT2D eigenvalue weighted by molar-refractivity contribution is -0.255. The van der Waals surface area contributed by atoms with Crippen LogP contribution in [0.4, 0.5) is 9.93 Å². The quantitative estimate of drug-likeness (QED) is 0.132. The Balaban J connectivity index is 1.61. The van der Waals surface area contributed by atoms with Crippen LogP contribution in [0.3, 0.4) is 0 Å². The molecule has 4 amide bonds. The number of hydrogen-bond donors (Lipinski definition) is 2. The fourth-order valence-electron chi connectivity index (χ4n) is 4.34. The maximum absolute atomic E-state index is 13.7. The zero-order valence-electron chi connectivity index (χ0n) is 22.9. The third-order valence-electron chi connectivity index (χ3n) is 6.53. The number of benzene rings is 2. The van der Waals surface area contributed by atoms with Crippen LogP contribution in [0.5, 0.6) is 5.75 Å². The Morgan fingerprint density at radius 3 is 2.33 bits per heavy atom. The number of urea groups is 1. The summed E-state index contributed by atoms with van der Waals surface area (Å²) >= 11 is 1.00. The molecule has 0 aliphatic carbocycles. The normalized spacial score (nSPS) is 16.6. The summed E-state index contributed by atoms with van der Waals surface area (Å²) in [5.41, 5.74) is -0.706. The maximum Gasteiger partial charge on any atom is 0.412 e. The number of nitrogens with one attached hydrogen (secondary N) is 2. The molecule has 1 aliphatic rings. The van der Waals surface area contributed by atoms with Gasteiger partial charge in [0.2, 0.25) is 5.91 Å². The molecule has 3 atom stereocenters. The van der Waals surface area contributed by atoms with E-state index in [4.69, 9.17) is 14.2 Å². The van der Waals surface area contributed by atoms with Crippen molar-refractivity contribution in [1.82, 2.24) is 15.2 Å². The SMILES string of the molecule is COC(=O)c1csc(NC(=O)[C@H]([C@@H](C)c2ccccc2)N2C(=O)N[C@H](c3ccc(OC(OC)(OC)P=O)cc3)C2=O)n1. The Kier molecular flexibility index (Phi) is 9.63. The average Bonchev–Trinajstić information content (AvgIpc) is 3.60. The third-order valence-corrected chi connectivity index (χ3v) is 7.97. The maximum atomic E-state index is 13.7. The van der Waals surface area contributed by atoms with E-state index in [1.807, 2.05) is 6.07 Å². The van der Waals surface area contributed by atoms with Gasteiger partial charge < -0.3 is 29.6 Å². The monoisotopic (exact) mass is 614 g/mol. The van der Waals surface area contributed by atoms with Crippen LogP contribution in [-0.2, 0) is 28.4 Å². The van der Waals surface area contributed by atoms with Gasteiger partial charge in [-0.3, -0.25) is 14.2 Å². The summed E-state index contributed by atoms with van der Waals surface area (Å²) in [5, 5.41) is 6.80. The molecule has 15 heteroatoms. The summed E-state index contributed by atoms with van der Waals surface area (Å²) in [6.07, 6.45) is 0. The van der Waals surface area contributed by atoms with Gasteiger partial charge in [-0.25, -0.2) is 19.5 Å². The van der Waals surface area contributed by atoms with Crippen molar-refractivity contribution in [2.75, 3.05) is 26.6 Å². The van der Waals surface area contributed by atoms with Gasteiger partial charge in [0, 0.05) is 25.5 Å². The van der Waals surface area contributed by atoms with Crippen molar-refractivity contribution in [3.8, 4) is 5.75 Å². The molecule has 13 nitrogen and oxygen atoms in total. The van der Waals surface area contributed by atoms with E-state index in [0.29, 0.717) is 5.56 Å². The summed E-state index contributed by atoms with van der Waals surface area (Å²) in [4.78, 5) is 57.4. The molecule has 2 heterocycles. The number of esters is 1. The second-order valence-corrected chi connectivity index (χ2v) is 10.5. The number of amides is 4. The highest BCUT2D eigenvalue weighted by atomic mass is 32.1. The number of carbonyl (C=O) groups is 4. The summed E-state index contributed by atoms with van der Waals surface area (Å²) in [7, 11) is 3.17. The third kappa shape index (κ3) is 6.31. The molecule has 0 saturated carbocycles. The second kappa shape index (κ2) is 13.2. The minimum atomic E-state index is -1.85. The molecule has 1 saturated heterocycles. The Morgan fingerprint density at radius 2 is 1.74 bits per heavy atom. The van der Waals surface area contributed by atoms with Crippen LogP contribution in [0, 0.1) is 0 Å². The van der Waals surface area contributed by atoms with Gasteiger partial charge in [0.1, 0.15) is 17.8 Å². The Labute approximate surface area is 246 Å². The molecule has 0 unspecified atom stereocenters. The van der Waals surface area contributed by atoms with Crippen LogP contribution < -0.4 is 15.4 Å². The molecule has 4 rings (SSSR count). The van der Waals surface area contributed by atoms with Crippen molar-refractivity contribution >= 4 is 48.7 Å². The first-order valence-corrected chi connectivity index (χ1v) is 14.1. The lowest BCUT2D eigenvalue weighted by Crippen LogP contribution is -2.50. The van der Waals surface area contributed by atoms with Gasteiger partial charge >= 0.3 is 17.7 Å². The molecule has 0 bridgehead atoms. The van der Waals surface area contributed by atoms with Gasteiger partial charge in [0.05, 0.1) is 7.11 Å². The van der Waals surface area contributed by atoms with Crippen LogP contribution in [-0.4, -0.2) is 66.8 Å². The highest BCUT2D eigenvalue weighted by molar-refractivity contribution is 7.25. The predicted octanol–water partition coefficient (Wildman–Crippen LogP) is 3.91. The lowest BCUT2D eigenvalue weighted by atomic mass is 9.91. The number of anilines is 1. The largest absolute Gasteiger partial charge is 0.464 e. The number of nitrogens with zero attached hydrogens (tertiary/aromatic N) is 2.